The third kappa shape index (κ3) is 5.92. The van der Waals surface area contributed by atoms with Crippen LogP contribution in [0.3, 0.4) is 0 Å². The molecule has 1 heterocycles. The molecule has 8 heteroatoms. The molecule has 0 spiro atoms. The molecule has 0 bridgehead atoms. The molecule has 0 aliphatic heterocycles. The van der Waals surface area contributed by atoms with E-state index >= 15 is 0 Å². The number of anilines is 1. The van der Waals surface area contributed by atoms with Crippen molar-refractivity contribution in [2.75, 3.05) is 18.5 Å². The lowest BCUT2D eigenvalue weighted by Gasteiger charge is -2.11. The predicted octanol–water partition coefficient (Wildman–Crippen LogP) is 2.09. The summed E-state index contributed by atoms with van der Waals surface area (Å²) < 4.78 is 6.70. The summed E-state index contributed by atoms with van der Waals surface area (Å²) in [5.41, 5.74) is 9.62. The first kappa shape index (κ1) is 21.1. The number of rotatable bonds is 9. The van der Waals surface area contributed by atoms with Gasteiger partial charge in [0.1, 0.15) is 6.61 Å². The van der Waals surface area contributed by atoms with Crippen LogP contribution < -0.4 is 11.1 Å². The summed E-state index contributed by atoms with van der Waals surface area (Å²) in [6.07, 6.45) is 1.76. The Labute approximate surface area is 174 Å². The maximum atomic E-state index is 11.7. The van der Waals surface area contributed by atoms with Gasteiger partial charge >= 0.3 is 6.09 Å². The van der Waals surface area contributed by atoms with E-state index in [-0.39, 0.29) is 19.6 Å². The molecule has 156 valence electrons. The topological polar surface area (TPSA) is 119 Å². The number of primary amides is 1. The number of amides is 2. The van der Waals surface area contributed by atoms with Crippen LogP contribution in [-0.4, -0.2) is 39.9 Å². The second-order valence-electron chi connectivity index (χ2n) is 6.76. The molecule has 2 amide bonds. The van der Waals surface area contributed by atoms with Crippen LogP contribution >= 0.6 is 0 Å². The van der Waals surface area contributed by atoms with Crippen molar-refractivity contribution in [3.05, 3.63) is 83.4 Å². The molecular weight excluding hydrogens is 384 g/mol. The quantitative estimate of drug-likeness (QED) is 0.501. The van der Waals surface area contributed by atoms with Gasteiger partial charge in [-0.2, -0.15) is 0 Å². The monoisotopic (exact) mass is 408 g/mol. The van der Waals surface area contributed by atoms with Crippen molar-refractivity contribution < 1.29 is 19.4 Å². The zero-order chi connectivity index (χ0) is 21.3. The first-order chi connectivity index (χ1) is 14.5. The normalized spacial score (nSPS) is 10.6. The number of carbonyl (C=O) groups is 2. The number of hydrogen-bond acceptors (Lipinski definition) is 5. The number of nitrogens with zero attached hydrogens (tertiary/aromatic N) is 2. The molecule has 2 aromatic carbocycles. The van der Waals surface area contributed by atoms with Gasteiger partial charge in [0.2, 0.25) is 5.91 Å². The van der Waals surface area contributed by atoms with E-state index in [0.29, 0.717) is 18.7 Å². The summed E-state index contributed by atoms with van der Waals surface area (Å²) in [6.45, 7) is 0.162. The summed E-state index contributed by atoms with van der Waals surface area (Å²) in [7, 11) is 0. The van der Waals surface area contributed by atoms with Gasteiger partial charge in [0, 0.05) is 18.7 Å². The Morgan fingerprint density at radius 3 is 2.60 bits per heavy atom. The highest BCUT2D eigenvalue weighted by Gasteiger charge is 2.14. The Morgan fingerprint density at radius 1 is 1.10 bits per heavy atom. The summed E-state index contributed by atoms with van der Waals surface area (Å²) in [4.78, 5) is 27.8. The predicted molar refractivity (Wildman–Crippen MR) is 112 cm³/mol. The van der Waals surface area contributed by atoms with Gasteiger partial charge < -0.3 is 20.1 Å². The van der Waals surface area contributed by atoms with E-state index < -0.39 is 12.0 Å². The minimum Gasteiger partial charge on any atom is -0.447 e. The van der Waals surface area contributed by atoms with Crippen molar-refractivity contribution in [2.45, 2.75) is 19.4 Å². The average Bonchev–Trinajstić information content (AvgIpc) is 3.08. The van der Waals surface area contributed by atoms with E-state index in [1.165, 1.54) is 0 Å². The lowest BCUT2D eigenvalue weighted by atomic mass is 10.1. The molecule has 0 radical (unpaired) electrons. The minimum absolute atomic E-state index is 0.0682. The lowest BCUT2D eigenvalue weighted by molar-refractivity contribution is -0.117. The Balaban J connectivity index is 1.78. The van der Waals surface area contributed by atoms with Crippen molar-refractivity contribution >= 4 is 17.7 Å². The molecule has 3 rings (SSSR count). The standard InChI is InChI=1S/C22H24N4O4/c23-21(28)13-20-19(12-16-5-2-1-3-6-16)24-15-26(20)14-17-7-4-8-18(11-17)25-22(29)30-10-9-27/h1-8,11,15,27H,9-10,12-14H2,(H2,23,28)(H,25,29). The first-order valence-electron chi connectivity index (χ1n) is 9.54. The Hall–Kier alpha value is -3.65. The fourth-order valence-corrected chi connectivity index (χ4v) is 3.13. The number of nitrogens with one attached hydrogen (secondary N) is 1. The third-order valence-corrected chi connectivity index (χ3v) is 4.44. The number of carbonyl (C=O) groups excluding carboxylic acids is 2. The van der Waals surface area contributed by atoms with E-state index in [4.69, 9.17) is 15.6 Å². The molecule has 0 aliphatic rings. The highest BCUT2D eigenvalue weighted by molar-refractivity contribution is 5.84. The minimum atomic E-state index is -0.636. The fraction of sp³-hybridized carbons (Fsp3) is 0.227. The Bertz CT molecular complexity index is 1000. The number of nitrogens with two attached hydrogens (primary N) is 1. The molecule has 0 saturated heterocycles. The van der Waals surface area contributed by atoms with Gasteiger partial charge in [-0.1, -0.05) is 42.5 Å². The second-order valence-corrected chi connectivity index (χ2v) is 6.76. The zero-order valence-electron chi connectivity index (χ0n) is 16.5. The lowest BCUT2D eigenvalue weighted by Crippen LogP contribution is -2.18. The fourth-order valence-electron chi connectivity index (χ4n) is 3.13. The molecule has 0 saturated carbocycles. The van der Waals surface area contributed by atoms with Crippen molar-refractivity contribution in [3.8, 4) is 0 Å². The van der Waals surface area contributed by atoms with Gasteiger partial charge in [-0.05, 0) is 23.3 Å². The van der Waals surface area contributed by atoms with Gasteiger partial charge in [0.25, 0.3) is 0 Å². The number of aliphatic hydroxyl groups excluding tert-OH is 1. The molecule has 0 atom stereocenters. The van der Waals surface area contributed by atoms with Crippen LogP contribution in [0.25, 0.3) is 0 Å². The number of imidazole rings is 1. The molecule has 1 aromatic heterocycles. The molecule has 0 aliphatic carbocycles. The van der Waals surface area contributed by atoms with Gasteiger partial charge in [0.15, 0.2) is 0 Å². The number of aromatic nitrogens is 2. The van der Waals surface area contributed by atoms with Crippen LogP contribution in [0.1, 0.15) is 22.5 Å². The maximum absolute atomic E-state index is 11.7. The van der Waals surface area contributed by atoms with Crippen molar-refractivity contribution in [2.24, 2.45) is 5.73 Å². The number of aliphatic hydroxyl groups is 1. The van der Waals surface area contributed by atoms with Crippen LogP contribution in [0.4, 0.5) is 10.5 Å². The van der Waals surface area contributed by atoms with Crippen LogP contribution in [0.15, 0.2) is 60.9 Å². The van der Waals surface area contributed by atoms with Gasteiger partial charge in [-0.15, -0.1) is 0 Å². The molecule has 4 N–H and O–H groups in total. The van der Waals surface area contributed by atoms with Crippen LogP contribution in [0.5, 0.6) is 0 Å². The van der Waals surface area contributed by atoms with Crippen molar-refractivity contribution in [3.63, 3.8) is 0 Å². The Morgan fingerprint density at radius 2 is 1.87 bits per heavy atom. The summed E-state index contributed by atoms with van der Waals surface area (Å²) in [6, 6.07) is 17.2. The van der Waals surface area contributed by atoms with E-state index in [0.717, 1.165) is 22.5 Å². The first-order valence-corrected chi connectivity index (χ1v) is 9.54. The van der Waals surface area contributed by atoms with E-state index in [1.54, 1.807) is 12.4 Å². The van der Waals surface area contributed by atoms with Gasteiger partial charge in [-0.3, -0.25) is 10.1 Å². The van der Waals surface area contributed by atoms with Crippen LogP contribution in [-0.2, 0) is 28.9 Å². The number of benzene rings is 2. The average molecular weight is 408 g/mol. The van der Waals surface area contributed by atoms with E-state index in [1.807, 2.05) is 53.1 Å². The highest BCUT2D eigenvalue weighted by Crippen LogP contribution is 2.18. The van der Waals surface area contributed by atoms with Crippen LogP contribution in [0, 0.1) is 0 Å². The van der Waals surface area contributed by atoms with Crippen molar-refractivity contribution in [1.82, 2.24) is 9.55 Å². The largest absolute Gasteiger partial charge is 0.447 e. The second kappa shape index (κ2) is 10.2. The SMILES string of the molecule is NC(=O)Cc1c(Cc2ccccc2)ncn1Cc1cccc(NC(=O)OCCO)c1. The molecule has 0 fully saturated rings. The third-order valence-electron chi connectivity index (χ3n) is 4.44. The van der Waals surface area contributed by atoms with Crippen molar-refractivity contribution in [1.29, 1.82) is 0 Å². The van der Waals surface area contributed by atoms with Gasteiger partial charge in [0.05, 0.1) is 30.7 Å². The van der Waals surface area contributed by atoms with Crippen LogP contribution in [0.2, 0.25) is 0 Å². The smallest absolute Gasteiger partial charge is 0.411 e. The highest BCUT2D eigenvalue weighted by atomic mass is 16.6. The zero-order valence-corrected chi connectivity index (χ0v) is 16.5. The molecule has 8 nitrogen and oxygen atoms in total. The molecule has 3 aromatic rings. The molecule has 0 unspecified atom stereocenters. The molecule has 30 heavy (non-hydrogen) atoms. The maximum Gasteiger partial charge on any atom is 0.411 e. The Kier molecular flexibility index (Phi) is 7.18. The molecular formula is C22H24N4O4. The summed E-state index contributed by atoms with van der Waals surface area (Å²) >= 11 is 0. The van der Waals surface area contributed by atoms with E-state index in [2.05, 4.69) is 10.3 Å². The van der Waals surface area contributed by atoms with E-state index in [9.17, 15) is 9.59 Å². The summed E-state index contributed by atoms with van der Waals surface area (Å²) in [5, 5.41) is 11.3. The number of hydrogen-bond donors (Lipinski definition) is 3. The number of ether oxygens (including phenoxy) is 1. The van der Waals surface area contributed by atoms with Gasteiger partial charge in [-0.25, -0.2) is 9.78 Å². The summed E-state index contributed by atoms with van der Waals surface area (Å²) in [5.74, 6) is -0.423.